The summed E-state index contributed by atoms with van der Waals surface area (Å²) in [4.78, 5) is 13.7. The Labute approximate surface area is 163 Å². The number of amides is 1. The van der Waals surface area contributed by atoms with E-state index in [-0.39, 0.29) is 5.69 Å². The number of allylic oxidation sites excluding steroid dienone is 2. The average Bonchev–Trinajstić information content (AvgIpc) is 2.69. The van der Waals surface area contributed by atoms with Gasteiger partial charge in [0.2, 0.25) is 0 Å². The van der Waals surface area contributed by atoms with E-state index in [9.17, 15) is 18.0 Å². The van der Waals surface area contributed by atoms with Gasteiger partial charge in [0.15, 0.2) is 0 Å². The van der Waals surface area contributed by atoms with Gasteiger partial charge in [-0.2, -0.15) is 13.2 Å². The van der Waals surface area contributed by atoms with Crippen molar-refractivity contribution in [3.63, 3.8) is 0 Å². The van der Waals surface area contributed by atoms with Gasteiger partial charge in [-0.05, 0) is 54.5 Å². The van der Waals surface area contributed by atoms with E-state index in [1.54, 1.807) is 12.1 Å². The molecular formula is C21H25F3N2O2. The molecule has 1 heterocycles. The zero-order chi connectivity index (χ0) is 20.1. The van der Waals surface area contributed by atoms with Gasteiger partial charge in [-0.1, -0.05) is 18.7 Å². The number of nitrogens with zero attached hydrogens (tertiary/aromatic N) is 1. The van der Waals surface area contributed by atoms with Gasteiger partial charge in [0.05, 0.1) is 13.2 Å². The molecule has 4 nitrogen and oxygen atoms in total. The van der Waals surface area contributed by atoms with Crippen LogP contribution in [0.25, 0.3) is 11.1 Å². The molecule has 0 bridgehead atoms. The lowest BCUT2D eigenvalue weighted by Gasteiger charge is -2.27. The Kier molecular flexibility index (Phi) is 6.57. The van der Waals surface area contributed by atoms with Crippen LogP contribution in [0.5, 0.6) is 0 Å². The summed E-state index contributed by atoms with van der Waals surface area (Å²) in [6.07, 6.45) is 0.858. The van der Waals surface area contributed by atoms with Gasteiger partial charge in [0.25, 0.3) is 0 Å². The summed E-state index contributed by atoms with van der Waals surface area (Å²) >= 11 is 0. The Morgan fingerprint density at radius 3 is 2.61 bits per heavy atom. The molecule has 0 atom stereocenters. The van der Waals surface area contributed by atoms with Crippen LogP contribution in [-0.2, 0) is 9.53 Å². The van der Waals surface area contributed by atoms with Crippen LogP contribution < -0.4 is 5.32 Å². The van der Waals surface area contributed by atoms with Gasteiger partial charge in [-0.15, -0.1) is 0 Å². The standard InChI is InChI=1S/C21H25F3N2O2/c1-15(14-26-9-11-28-12-10-26)17-7-8-19(25-20(27)21(22,23)24)18(13-17)16-5-3-2-4-6-16/h5,7-8,13H,1-4,6,9-12,14H2,(H,25,27). The van der Waals surface area contributed by atoms with E-state index < -0.39 is 12.1 Å². The number of nitrogens with one attached hydrogen (secondary N) is 1. The molecule has 1 aliphatic heterocycles. The highest BCUT2D eigenvalue weighted by molar-refractivity contribution is 5.98. The molecular weight excluding hydrogens is 369 g/mol. The highest BCUT2D eigenvalue weighted by Gasteiger charge is 2.39. The largest absolute Gasteiger partial charge is 0.471 e. The van der Waals surface area contributed by atoms with Crippen molar-refractivity contribution in [2.75, 3.05) is 38.2 Å². The highest BCUT2D eigenvalue weighted by atomic mass is 19.4. The second-order valence-corrected chi connectivity index (χ2v) is 7.18. The number of ether oxygens (including phenoxy) is 1. The van der Waals surface area contributed by atoms with Crippen molar-refractivity contribution >= 4 is 22.7 Å². The quantitative estimate of drug-likeness (QED) is 0.800. The van der Waals surface area contributed by atoms with Crippen molar-refractivity contribution in [2.24, 2.45) is 0 Å². The van der Waals surface area contributed by atoms with Crippen LogP contribution in [0, 0.1) is 0 Å². The molecule has 0 saturated carbocycles. The van der Waals surface area contributed by atoms with Gasteiger partial charge >= 0.3 is 12.1 Å². The van der Waals surface area contributed by atoms with E-state index in [4.69, 9.17) is 4.74 Å². The highest BCUT2D eigenvalue weighted by Crippen LogP contribution is 2.34. The molecule has 1 aromatic carbocycles. The maximum atomic E-state index is 12.7. The van der Waals surface area contributed by atoms with E-state index >= 15 is 0 Å². The predicted octanol–water partition coefficient (Wildman–Crippen LogP) is 4.49. The predicted molar refractivity (Wildman–Crippen MR) is 104 cm³/mol. The fourth-order valence-electron chi connectivity index (χ4n) is 3.54. The van der Waals surface area contributed by atoms with E-state index in [2.05, 4.69) is 17.6 Å². The molecule has 7 heteroatoms. The summed E-state index contributed by atoms with van der Waals surface area (Å²) in [6.45, 7) is 7.88. The minimum absolute atomic E-state index is 0.193. The van der Waals surface area contributed by atoms with E-state index in [1.165, 1.54) is 0 Å². The molecule has 1 aliphatic carbocycles. The Morgan fingerprint density at radius 2 is 1.96 bits per heavy atom. The number of carbonyl (C=O) groups is 1. The number of morpholine rings is 1. The normalized spacial score (nSPS) is 18.5. The second kappa shape index (κ2) is 8.92. The number of carbonyl (C=O) groups excluding carboxylic acids is 1. The molecule has 1 amide bonds. The third kappa shape index (κ3) is 5.23. The van der Waals surface area contributed by atoms with Crippen molar-refractivity contribution in [1.82, 2.24) is 4.90 Å². The molecule has 0 spiro atoms. The third-order valence-electron chi connectivity index (χ3n) is 5.09. The third-order valence-corrected chi connectivity index (χ3v) is 5.09. The first-order chi connectivity index (χ1) is 13.3. The molecule has 28 heavy (non-hydrogen) atoms. The van der Waals surface area contributed by atoms with Crippen LogP contribution in [0.15, 0.2) is 30.9 Å². The zero-order valence-electron chi connectivity index (χ0n) is 15.8. The summed E-state index contributed by atoms with van der Waals surface area (Å²) in [5.74, 6) is -1.95. The summed E-state index contributed by atoms with van der Waals surface area (Å²) in [6, 6.07) is 5.13. The first-order valence-electron chi connectivity index (χ1n) is 9.54. The summed E-state index contributed by atoms with van der Waals surface area (Å²) in [5.41, 5.74) is 3.59. The number of hydrogen-bond donors (Lipinski definition) is 1. The number of alkyl halides is 3. The zero-order valence-corrected chi connectivity index (χ0v) is 15.8. The van der Waals surface area contributed by atoms with Gasteiger partial charge in [-0.25, -0.2) is 0 Å². The van der Waals surface area contributed by atoms with Crippen LogP contribution in [0.4, 0.5) is 18.9 Å². The van der Waals surface area contributed by atoms with Gasteiger partial charge in [0.1, 0.15) is 0 Å². The van der Waals surface area contributed by atoms with Crippen LogP contribution >= 0.6 is 0 Å². The van der Waals surface area contributed by atoms with E-state index in [1.807, 2.05) is 11.4 Å². The fraction of sp³-hybridized carbons (Fsp3) is 0.476. The van der Waals surface area contributed by atoms with E-state index in [0.29, 0.717) is 25.3 Å². The molecule has 3 rings (SSSR count). The van der Waals surface area contributed by atoms with Gasteiger partial charge in [0, 0.05) is 30.9 Å². The maximum Gasteiger partial charge on any atom is 0.471 e. The van der Waals surface area contributed by atoms with Crippen LogP contribution in [0.2, 0.25) is 0 Å². The Balaban J connectivity index is 1.85. The summed E-state index contributed by atoms with van der Waals surface area (Å²) in [5, 5.41) is 2.03. The molecule has 1 aromatic rings. The lowest BCUT2D eigenvalue weighted by atomic mass is 9.90. The van der Waals surface area contributed by atoms with Crippen LogP contribution in [0.3, 0.4) is 0 Å². The number of anilines is 1. The Bertz CT molecular complexity index is 765. The topological polar surface area (TPSA) is 41.6 Å². The first kappa shape index (κ1) is 20.6. The SMILES string of the molecule is C=C(CN1CCOCC1)c1ccc(NC(=O)C(F)(F)F)c(C2=CCCCC2)c1. The molecule has 0 radical (unpaired) electrons. The van der Waals surface area contributed by atoms with Crippen molar-refractivity contribution in [1.29, 1.82) is 0 Å². The van der Waals surface area contributed by atoms with Gasteiger partial charge < -0.3 is 10.1 Å². The molecule has 152 valence electrons. The lowest BCUT2D eigenvalue weighted by molar-refractivity contribution is -0.167. The molecule has 1 saturated heterocycles. The molecule has 1 fully saturated rings. The number of halogens is 3. The number of rotatable bonds is 5. The Morgan fingerprint density at radius 1 is 1.21 bits per heavy atom. The lowest BCUT2D eigenvalue weighted by Crippen LogP contribution is -2.37. The van der Waals surface area contributed by atoms with Crippen molar-refractivity contribution in [2.45, 2.75) is 31.9 Å². The molecule has 1 N–H and O–H groups in total. The molecule has 2 aliphatic rings. The van der Waals surface area contributed by atoms with Crippen molar-refractivity contribution in [3.05, 3.63) is 42.0 Å². The molecule has 0 unspecified atom stereocenters. The minimum atomic E-state index is -4.92. The minimum Gasteiger partial charge on any atom is -0.379 e. The summed E-state index contributed by atoms with van der Waals surface area (Å²) < 4.78 is 43.5. The fourth-order valence-corrected chi connectivity index (χ4v) is 3.54. The number of hydrogen-bond acceptors (Lipinski definition) is 3. The van der Waals surface area contributed by atoms with Crippen LogP contribution in [0.1, 0.15) is 36.8 Å². The maximum absolute atomic E-state index is 12.7. The van der Waals surface area contributed by atoms with Crippen LogP contribution in [-0.4, -0.2) is 49.8 Å². The Hall–Kier alpha value is -2.12. The first-order valence-corrected chi connectivity index (χ1v) is 9.54. The number of benzene rings is 1. The summed E-state index contributed by atoms with van der Waals surface area (Å²) in [7, 11) is 0. The second-order valence-electron chi connectivity index (χ2n) is 7.18. The van der Waals surface area contributed by atoms with Gasteiger partial charge in [-0.3, -0.25) is 9.69 Å². The average molecular weight is 394 g/mol. The monoisotopic (exact) mass is 394 g/mol. The smallest absolute Gasteiger partial charge is 0.379 e. The molecule has 0 aromatic heterocycles. The van der Waals surface area contributed by atoms with Crippen molar-refractivity contribution < 1.29 is 22.7 Å². The van der Waals surface area contributed by atoms with Crippen molar-refractivity contribution in [3.8, 4) is 0 Å². The van der Waals surface area contributed by atoms with E-state index in [0.717, 1.165) is 55.5 Å².